The zero-order chi connectivity index (χ0) is 21.0. The Morgan fingerprint density at radius 1 is 1.21 bits per heavy atom. The minimum Gasteiger partial charge on any atom is -0.497 e. The zero-order valence-electron chi connectivity index (χ0n) is 16.5. The van der Waals surface area contributed by atoms with Gasteiger partial charge in [0.2, 0.25) is 11.8 Å². The van der Waals surface area contributed by atoms with Crippen LogP contribution in [0.5, 0.6) is 5.75 Å². The molecular weight excluding hydrogens is 378 g/mol. The van der Waals surface area contributed by atoms with Crippen molar-refractivity contribution >= 4 is 17.5 Å². The van der Waals surface area contributed by atoms with E-state index >= 15 is 0 Å². The molecule has 154 valence electrons. The number of carbonyl (C=O) groups is 2. The van der Waals surface area contributed by atoms with Crippen LogP contribution in [0.3, 0.4) is 0 Å². The largest absolute Gasteiger partial charge is 0.497 e. The van der Waals surface area contributed by atoms with Crippen molar-refractivity contribution in [3.8, 4) is 5.75 Å². The van der Waals surface area contributed by atoms with Crippen molar-refractivity contribution in [3.05, 3.63) is 59.7 Å². The van der Waals surface area contributed by atoms with E-state index in [1.165, 1.54) is 6.07 Å². The van der Waals surface area contributed by atoms with Gasteiger partial charge < -0.3 is 15.0 Å². The lowest BCUT2D eigenvalue weighted by Crippen LogP contribution is -2.33. The van der Waals surface area contributed by atoms with E-state index in [4.69, 9.17) is 4.74 Å². The van der Waals surface area contributed by atoms with E-state index in [2.05, 4.69) is 5.32 Å². The van der Waals surface area contributed by atoms with Gasteiger partial charge in [-0.2, -0.15) is 0 Å². The summed E-state index contributed by atoms with van der Waals surface area (Å²) in [5.41, 5.74) is 0.705. The number of benzene rings is 2. The maximum absolute atomic E-state index is 14.0. The number of likely N-dealkylation sites (tertiary alicyclic amines) is 1. The Kier molecular flexibility index (Phi) is 6.46. The third kappa shape index (κ3) is 4.55. The van der Waals surface area contributed by atoms with Crippen molar-refractivity contribution in [2.45, 2.75) is 32.2 Å². The molecule has 2 atom stereocenters. The first-order chi connectivity index (χ1) is 13.9. The molecule has 0 saturated carbocycles. The molecule has 3 rings (SSSR count). The van der Waals surface area contributed by atoms with Crippen LogP contribution in [0.1, 0.15) is 37.8 Å². The second kappa shape index (κ2) is 9.03. The number of hydrogen-bond donors (Lipinski definition) is 1. The fourth-order valence-corrected chi connectivity index (χ4v) is 3.65. The Morgan fingerprint density at radius 2 is 1.93 bits per heavy atom. The Balaban J connectivity index is 1.89. The minimum atomic E-state index is -0.855. The molecule has 2 aromatic rings. The molecule has 2 amide bonds. The third-order valence-corrected chi connectivity index (χ3v) is 5.17. The molecule has 2 unspecified atom stereocenters. The number of hydrogen-bond acceptors (Lipinski definition) is 3. The Labute approximate surface area is 168 Å². The summed E-state index contributed by atoms with van der Waals surface area (Å²) in [6, 6.07) is 9.74. The van der Waals surface area contributed by atoms with Crippen LogP contribution >= 0.6 is 0 Å². The molecule has 5 nitrogen and oxygen atoms in total. The summed E-state index contributed by atoms with van der Waals surface area (Å²) >= 11 is 0. The summed E-state index contributed by atoms with van der Waals surface area (Å²) in [7, 11) is 1.56. The van der Waals surface area contributed by atoms with Crippen LogP contribution in [0, 0.1) is 17.6 Å². The molecule has 1 aliphatic rings. The number of rotatable bonds is 7. The van der Waals surface area contributed by atoms with Gasteiger partial charge in [-0.15, -0.1) is 0 Å². The van der Waals surface area contributed by atoms with Crippen molar-refractivity contribution in [1.29, 1.82) is 0 Å². The number of anilines is 1. The third-order valence-electron chi connectivity index (χ3n) is 5.17. The Bertz CT molecular complexity index is 886. The number of carbonyl (C=O) groups excluding carboxylic acids is 2. The topological polar surface area (TPSA) is 58.6 Å². The highest BCUT2D eigenvalue weighted by molar-refractivity contribution is 5.98. The van der Waals surface area contributed by atoms with E-state index in [-0.39, 0.29) is 18.0 Å². The first kappa shape index (κ1) is 20.8. The maximum Gasteiger partial charge on any atom is 0.230 e. The quantitative estimate of drug-likeness (QED) is 0.751. The van der Waals surface area contributed by atoms with Gasteiger partial charge in [0.15, 0.2) is 0 Å². The fraction of sp³-hybridized carbons (Fsp3) is 0.364. The standard InChI is InChI=1S/C22H24F2N2O3/c1-3-4-11-26-20(27)13-17(21(26)14-5-8-16(29-2)9-6-14)22(28)25-19-10-7-15(23)12-18(19)24/h5-10,12,17,21H,3-4,11,13H2,1-2H3,(H,25,28). The van der Waals surface area contributed by atoms with E-state index in [1.54, 1.807) is 24.1 Å². The van der Waals surface area contributed by atoms with Crippen LogP contribution in [-0.4, -0.2) is 30.4 Å². The maximum atomic E-state index is 14.0. The lowest BCUT2D eigenvalue weighted by atomic mass is 9.92. The molecule has 0 aliphatic carbocycles. The van der Waals surface area contributed by atoms with Gasteiger partial charge in [0, 0.05) is 19.0 Å². The highest BCUT2D eigenvalue weighted by atomic mass is 19.1. The fourth-order valence-electron chi connectivity index (χ4n) is 3.65. The van der Waals surface area contributed by atoms with Gasteiger partial charge in [-0.1, -0.05) is 25.5 Å². The van der Waals surface area contributed by atoms with Crippen molar-refractivity contribution in [1.82, 2.24) is 4.90 Å². The van der Waals surface area contributed by atoms with Crippen LogP contribution in [0.4, 0.5) is 14.5 Å². The second-order valence-corrected chi connectivity index (χ2v) is 7.08. The molecule has 0 bridgehead atoms. The van der Waals surface area contributed by atoms with E-state index in [0.717, 1.165) is 24.5 Å². The van der Waals surface area contributed by atoms with E-state index in [9.17, 15) is 18.4 Å². The number of nitrogens with zero attached hydrogens (tertiary/aromatic N) is 1. The Hall–Kier alpha value is -2.96. The Morgan fingerprint density at radius 3 is 2.55 bits per heavy atom. The number of halogens is 2. The summed E-state index contributed by atoms with van der Waals surface area (Å²) in [6.45, 7) is 2.57. The molecule has 0 aromatic heterocycles. The zero-order valence-corrected chi connectivity index (χ0v) is 16.5. The number of amides is 2. The molecule has 1 N–H and O–H groups in total. The molecule has 1 heterocycles. The molecule has 1 fully saturated rings. The van der Waals surface area contributed by atoms with Gasteiger partial charge in [0.05, 0.1) is 24.8 Å². The summed E-state index contributed by atoms with van der Waals surface area (Å²) < 4.78 is 32.3. The first-order valence-corrected chi connectivity index (χ1v) is 9.64. The monoisotopic (exact) mass is 402 g/mol. The van der Waals surface area contributed by atoms with Crippen molar-refractivity contribution in [3.63, 3.8) is 0 Å². The first-order valence-electron chi connectivity index (χ1n) is 9.64. The lowest BCUT2D eigenvalue weighted by Gasteiger charge is -2.28. The molecule has 1 saturated heterocycles. The van der Waals surface area contributed by atoms with E-state index in [0.29, 0.717) is 18.4 Å². The smallest absolute Gasteiger partial charge is 0.230 e. The van der Waals surface area contributed by atoms with Gasteiger partial charge in [-0.05, 0) is 36.2 Å². The van der Waals surface area contributed by atoms with Gasteiger partial charge in [0.1, 0.15) is 17.4 Å². The summed E-state index contributed by atoms with van der Waals surface area (Å²) in [4.78, 5) is 27.3. The number of unbranched alkanes of at least 4 members (excludes halogenated alkanes) is 1. The van der Waals surface area contributed by atoms with Crippen molar-refractivity contribution < 1.29 is 23.1 Å². The normalized spacial score (nSPS) is 18.8. The number of ether oxygens (including phenoxy) is 1. The number of methoxy groups -OCH3 is 1. The molecule has 1 aliphatic heterocycles. The number of nitrogens with one attached hydrogen (secondary N) is 1. The average Bonchev–Trinajstić information content (AvgIpc) is 3.04. The van der Waals surface area contributed by atoms with Crippen LogP contribution in [0.25, 0.3) is 0 Å². The van der Waals surface area contributed by atoms with Gasteiger partial charge >= 0.3 is 0 Å². The van der Waals surface area contributed by atoms with Crippen molar-refractivity contribution in [2.75, 3.05) is 19.0 Å². The highest BCUT2D eigenvalue weighted by Crippen LogP contribution is 2.39. The molecule has 2 aromatic carbocycles. The molecule has 7 heteroatoms. The van der Waals surface area contributed by atoms with Gasteiger partial charge in [-0.25, -0.2) is 8.78 Å². The van der Waals surface area contributed by atoms with E-state index in [1.807, 2.05) is 19.1 Å². The molecule has 29 heavy (non-hydrogen) atoms. The van der Waals surface area contributed by atoms with Gasteiger partial charge in [-0.3, -0.25) is 9.59 Å². The van der Waals surface area contributed by atoms with Gasteiger partial charge in [0.25, 0.3) is 0 Å². The highest BCUT2D eigenvalue weighted by Gasteiger charge is 2.44. The van der Waals surface area contributed by atoms with Crippen molar-refractivity contribution in [2.24, 2.45) is 5.92 Å². The molecule has 0 radical (unpaired) electrons. The minimum absolute atomic E-state index is 0.0368. The summed E-state index contributed by atoms with van der Waals surface area (Å²) in [6.07, 6.45) is 1.77. The molecule has 0 spiro atoms. The van der Waals surface area contributed by atoms with Crippen LogP contribution in [0.15, 0.2) is 42.5 Å². The summed E-state index contributed by atoms with van der Waals surface area (Å²) in [5, 5.41) is 2.51. The summed E-state index contributed by atoms with van der Waals surface area (Å²) in [5.74, 6) is -2.17. The lowest BCUT2D eigenvalue weighted by molar-refractivity contribution is -0.129. The predicted molar refractivity (Wildman–Crippen MR) is 105 cm³/mol. The predicted octanol–water partition coefficient (Wildman–Crippen LogP) is 4.30. The average molecular weight is 402 g/mol. The SMILES string of the molecule is CCCCN1C(=O)CC(C(=O)Nc2ccc(F)cc2F)C1c1ccc(OC)cc1. The van der Waals surface area contributed by atoms with E-state index < -0.39 is 29.5 Å². The van der Waals surface area contributed by atoms with Crippen LogP contribution in [0.2, 0.25) is 0 Å². The van der Waals surface area contributed by atoms with Crippen LogP contribution < -0.4 is 10.1 Å². The second-order valence-electron chi connectivity index (χ2n) is 7.08. The van der Waals surface area contributed by atoms with Crippen LogP contribution in [-0.2, 0) is 9.59 Å². The molecular formula is C22H24F2N2O3.